The second-order valence-electron chi connectivity index (χ2n) is 2.51. The molecule has 0 fully saturated rings. The summed E-state index contributed by atoms with van der Waals surface area (Å²) in [5, 5.41) is 9.34. The van der Waals surface area contributed by atoms with Crippen molar-refractivity contribution in [3.8, 4) is 0 Å². The summed E-state index contributed by atoms with van der Waals surface area (Å²) in [7, 11) is 0. The zero-order valence-electron chi connectivity index (χ0n) is 5.90. The van der Waals surface area contributed by atoms with Gasteiger partial charge in [0, 0.05) is 0 Å². The van der Waals surface area contributed by atoms with Crippen molar-refractivity contribution in [2.75, 3.05) is 0 Å². The molecule has 0 saturated carbocycles. The smallest absolute Gasteiger partial charge is 0.229 e. The summed E-state index contributed by atoms with van der Waals surface area (Å²) in [5.41, 5.74) is 8.69. The highest BCUT2D eigenvalue weighted by Crippen LogP contribution is 2.18. The topological polar surface area (TPSA) is 89.3 Å². The Bertz CT molecular complexity index is 231. The van der Waals surface area contributed by atoms with Crippen LogP contribution < -0.4 is 11.5 Å². The van der Waals surface area contributed by atoms with Crippen LogP contribution in [0.5, 0.6) is 0 Å². The molecule has 4 heteroatoms. The van der Waals surface area contributed by atoms with Gasteiger partial charge in [-0.2, -0.15) is 0 Å². The molecule has 1 amide bonds. The molecule has 1 rings (SSSR count). The second-order valence-corrected chi connectivity index (χ2v) is 2.51. The number of carbonyl (C=O) groups is 1. The largest absolute Gasteiger partial charge is 0.371 e. The second kappa shape index (κ2) is 2.48. The van der Waals surface area contributed by atoms with Crippen LogP contribution in [-0.4, -0.2) is 16.7 Å². The monoisotopic (exact) mass is 154 g/mol. The maximum atomic E-state index is 10.7. The Morgan fingerprint density at radius 3 is 2.55 bits per heavy atom. The zero-order chi connectivity index (χ0) is 8.48. The molecule has 2 unspecified atom stereocenters. The molecule has 0 radical (unpaired) electrons. The molecule has 0 heterocycles. The van der Waals surface area contributed by atoms with Crippen molar-refractivity contribution in [1.82, 2.24) is 0 Å². The standard InChI is InChI=1S/C7H10N2O2/c8-6(10)5-3-1-2-4-7(5,9)11/h1-5,11H,9H2,(H2,8,10). The van der Waals surface area contributed by atoms with Crippen LogP contribution in [-0.2, 0) is 4.79 Å². The number of amides is 1. The number of hydrogen-bond donors (Lipinski definition) is 3. The highest BCUT2D eigenvalue weighted by atomic mass is 16.3. The summed E-state index contributed by atoms with van der Waals surface area (Å²) in [6.07, 6.45) is 6.00. The average Bonchev–Trinajstić information content (AvgIpc) is 1.85. The molecule has 0 aromatic carbocycles. The Balaban J connectivity index is 2.89. The Hall–Kier alpha value is -1.13. The number of nitrogens with two attached hydrogens (primary N) is 2. The molecule has 1 aliphatic rings. The third kappa shape index (κ3) is 1.47. The van der Waals surface area contributed by atoms with Gasteiger partial charge in [0.15, 0.2) is 0 Å². The van der Waals surface area contributed by atoms with E-state index in [9.17, 15) is 9.90 Å². The third-order valence-corrected chi connectivity index (χ3v) is 1.58. The van der Waals surface area contributed by atoms with E-state index in [1.54, 1.807) is 12.2 Å². The predicted molar refractivity (Wildman–Crippen MR) is 40.1 cm³/mol. The van der Waals surface area contributed by atoms with Gasteiger partial charge in [0.25, 0.3) is 0 Å². The maximum absolute atomic E-state index is 10.7. The van der Waals surface area contributed by atoms with Gasteiger partial charge in [-0.3, -0.25) is 10.5 Å². The van der Waals surface area contributed by atoms with Gasteiger partial charge >= 0.3 is 0 Å². The van der Waals surface area contributed by atoms with Crippen LogP contribution >= 0.6 is 0 Å². The van der Waals surface area contributed by atoms with E-state index in [0.717, 1.165) is 0 Å². The van der Waals surface area contributed by atoms with E-state index >= 15 is 0 Å². The van der Waals surface area contributed by atoms with Crippen LogP contribution in [0.25, 0.3) is 0 Å². The molecule has 4 nitrogen and oxygen atoms in total. The van der Waals surface area contributed by atoms with Crippen LogP contribution in [0.3, 0.4) is 0 Å². The van der Waals surface area contributed by atoms with Gasteiger partial charge in [0.1, 0.15) is 11.6 Å². The quantitative estimate of drug-likeness (QED) is 0.417. The molecule has 1 aliphatic carbocycles. The Morgan fingerprint density at radius 1 is 1.55 bits per heavy atom. The predicted octanol–water partition coefficient (Wildman–Crippen LogP) is -1.14. The molecule has 11 heavy (non-hydrogen) atoms. The van der Waals surface area contributed by atoms with E-state index in [2.05, 4.69) is 0 Å². The van der Waals surface area contributed by atoms with Gasteiger partial charge in [0.2, 0.25) is 5.91 Å². The maximum Gasteiger partial charge on any atom is 0.229 e. The van der Waals surface area contributed by atoms with Crippen LogP contribution in [0, 0.1) is 5.92 Å². The zero-order valence-corrected chi connectivity index (χ0v) is 5.90. The molecule has 0 spiro atoms. The van der Waals surface area contributed by atoms with Crippen LogP contribution in [0.1, 0.15) is 0 Å². The number of primary amides is 1. The summed E-state index contributed by atoms with van der Waals surface area (Å²) < 4.78 is 0. The summed E-state index contributed by atoms with van der Waals surface area (Å²) >= 11 is 0. The van der Waals surface area contributed by atoms with E-state index in [4.69, 9.17) is 11.5 Å². The van der Waals surface area contributed by atoms with Crippen LogP contribution in [0.4, 0.5) is 0 Å². The molecule has 2 atom stereocenters. The fourth-order valence-corrected chi connectivity index (χ4v) is 0.965. The van der Waals surface area contributed by atoms with Gasteiger partial charge in [-0.25, -0.2) is 0 Å². The van der Waals surface area contributed by atoms with E-state index in [0.29, 0.717) is 0 Å². The number of carbonyl (C=O) groups excluding carboxylic acids is 1. The molecule has 0 bridgehead atoms. The highest BCUT2D eigenvalue weighted by molar-refractivity contribution is 5.80. The van der Waals surface area contributed by atoms with Gasteiger partial charge in [-0.15, -0.1) is 0 Å². The van der Waals surface area contributed by atoms with Crippen molar-refractivity contribution in [2.45, 2.75) is 5.72 Å². The molecular weight excluding hydrogens is 144 g/mol. The number of aliphatic hydroxyl groups is 1. The van der Waals surface area contributed by atoms with Gasteiger partial charge in [-0.1, -0.05) is 18.2 Å². The minimum absolute atomic E-state index is 0.629. The van der Waals surface area contributed by atoms with Crippen molar-refractivity contribution in [1.29, 1.82) is 0 Å². The average molecular weight is 154 g/mol. The lowest BCUT2D eigenvalue weighted by molar-refractivity contribution is -0.125. The first-order chi connectivity index (χ1) is 5.04. The first kappa shape index (κ1) is 7.97. The van der Waals surface area contributed by atoms with E-state index in [1.165, 1.54) is 12.2 Å². The van der Waals surface area contributed by atoms with Crippen molar-refractivity contribution < 1.29 is 9.90 Å². The fourth-order valence-electron chi connectivity index (χ4n) is 0.965. The van der Waals surface area contributed by atoms with E-state index in [-0.39, 0.29) is 0 Å². The Kier molecular flexibility index (Phi) is 1.80. The van der Waals surface area contributed by atoms with Gasteiger partial charge in [0.05, 0.1) is 0 Å². The van der Waals surface area contributed by atoms with Gasteiger partial charge in [-0.05, 0) is 6.08 Å². The minimum Gasteiger partial charge on any atom is -0.371 e. The van der Waals surface area contributed by atoms with Crippen molar-refractivity contribution in [2.24, 2.45) is 17.4 Å². The molecule has 60 valence electrons. The Morgan fingerprint density at radius 2 is 2.18 bits per heavy atom. The minimum atomic E-state index is -1.62. The van der Waals surface area contributed by atoms with E-state index in [1.807, 2.05) is 0 Å². The SMILES string of the molecule is NC(=O)C1C=CC=CC1(N)O. The lowest BCUT2D eigenvalue weighted by atomic mass is 9.91. The van der Waals surface area contributed by atoms with Gasteiger partial charge < -0.3 is 10.8 Å². The normalized spacial score (nSPS) is 35.6. The first-order valence-corrected chi connectivity index (χ1v) is 3.20. The van der Waals surface area contributed by atoms with Crippen molar-refractivity contribution >= 4 is 5.91 Å². The molecule has 0 aromatic rings. The lowest BCUT2D eigenvalue weighted by Gasteiger charge is -2.26. The van der Waals surface area contributed by atoms with Crippen LogP contribution in [0.2, 0.25) is 0 Å². The van der Waals surface area contributed by atoms with E-state index < -0.39 is 17.6 Å². The molecular formula is C7H10N2O2. The summed E-state index contributed by atoms with van der Waals surface area (Å²) in [6, 6.07) is 0. The lowest BCUT2D eigenvalue weighted by Crippen LogP contribution is -2.50. The third-order valence-electron chi connectivity index (χ3n) is 1.58. The number of rotatable bonds is 1. The van der Waals surface area contributed by atoms with Crippen molar-refractivity contribution in [3.05, 3.63) is 24.3 Å². The fraction of sp³-hybridized carbons (Fsp3) is 0.286. The first-order valence-electron chi connectivity index (χ1n) is 3.20. The molecule has 0 saturated heterocycles. The number of allylic oxidation sites excluding steroid dienone is 2. The molecule has 0 aromatic heterocycles. The summed E-state index contributed by atoms with van der Waals surface area (Å²) in [6.45, 7) is 0. The number of hydrogen-bond acceptors (Lipinski definition) is 3. The highest BCUT2D eigenvalue weighted by Gasteiger charge is 2.33. The Labute approximate surface area is 64.2 Å². The molecule has 5 N–H and O–H groups in total. The van der Waals surface area contributed by atoms with Crippen LogP contribution in [0.15, 0.2) is 24.3 Å². The van der Waals surface area contributed by atoms with Crippen molar-refractivity contribution in [3.63, 3.8) is 0 Å². The molecule has 0 aliphatic heterocycles. The summed E-state index contributed by atoms with van der Waals surface area (Å²) in [4.78, 5) is 10.7. The summed E-state index contributed by atoms with van der Waals surface area (Å²) in [5.74, 6) is -1.46.